The summed E-state index contributed by atoms with van der Waals surface area (Å²) in [7, 11) is 4.60. The van der Waals surface area contributed by atoms with Crippen molar-refractivity contribution in [3.05, 3.63) is 23.3 Å². The fraction of sp³-hybridized carbons (Fsp3) is 0.250. The fourth-order valence-corrected chi connectivity index (χ4v) is 1.80. The van der Waals surface area contributed by atoms with Crippen LogP contribution in [0.25, 0.3) is 6.08 Å². The first-order valence-electron chi connectivity index (χ1n) is 4.78. The normalized spacial score (nSPS) is 12.6. The van der Waals surface area contributed by atoms with Gasteiger partial charge in [0, 0.05) is 11.1 Å². The molecule has 0 radical (unpaired) electrons. The number of ketones is 1. The number of fused-ring (bicyclic) bond motifs is 1. The van der Waals surface area contributed by atoms with E-state index in [9.17, 15) is 4.79 Å². The number of methoxy groups -OCH3 is 3. The van der Waals surface area contributed by atoms with Crippen LogP contribution in [0.4, 0.5) is 0 Å². The van der Waals surface area contributed by atoms with Crippen LogP contribution in [0.3, 0.4) is 0 Å². The molecule has 2 rings (SSSR count). The standard InChI is InChI=1S/C12H12O4/c1-14-10-6-8-7(4-5-9(8)13)11(15-2)12(10)16-3/h4-6H,1-3H3. The molecule has 0 saturated heterocycles. The summed E-state index contributed by atoms with van der Waals surface area (Å²) in [6, 6.07) is 1.67. The van der Waals surface area contributed by atoms with E-state index in [-0.39, 0.29) is 5.78 Å². The summed E-state index contributed by atoms with van der Waals surface area (Å²) in [6.07, 6.45) is 3.23. The van der Waals surface area contributed by atoms with Gasteiger partial charge in [-0.05, 0) is 18.2 Å². The molecule has 1 aromatic rings. The Kier molecular flexibility index (Phi) is 2.56. The monoisotopic (exact) mass is 220 g/mol. The van der Waals surface area contributed by atoms with E-state index in [1.807, 2.05) is 0 Å². The summed E-state index contributed by atoms with van der Waals surface area (Å²) < 4.78 is 15.7. The zero-order valence-corrected chi connectivity index (χ0v) is 9.37. The summed E-state index contributed by atoms with van der Waals surface area (Å²) in [4.78, 5) is 11.6. The van der Waals surface area contributed by atoms with Crippen molar-refractivity contribution in [1.82, 2.24) is 0 Å². The topological polar surface area (TPSA) is 44.8 Å². The smallest absolute Gasteiger partial charge is 0.203 e. The van der Waals surface area contributed by atoms with Gasteiger partial charge < -0.3 is 14.2 Å². The number of rotatable bonds is 3. The van der Waals surface area contributed by atoms with Crippen LogP contribution in [0.15, 0.2) is 12.1 Å². The summed E-state index contributed by atoms with van der Waals surface area (Å²) in [5.41, 5.74) is 1.32. The number of hydrogen-bond donors (Lipinski definition) is 0. The number of ether oxygens (including phenoxy) is 3. The number of carbonyl (C=O) groups is 1. The molecule has 0 N–H and O–H groups in total. The number of hydrogen-bond acceptors (Lipinski definition) is 4. The van der Waals surface area contributed by atoms with Crippen LogP contribution in [0.1, 0.15) is 15.9 Å². The maximum atomic E-state index is 11.6. The van der Waals surface area contributed by atoms with Crippen molar-refractivity contribution in [2.45, 2.75) is 0 Å². The van der Waals surface area contributed by atoms with Crippen molar-refractivity contribution in [1.29, 1.82) is 0 Å². The summed E-state index contributed by atoms with van der Waals surface area (Å²) in [6.45, 7) is 0. The van der Waals surface area contributed by atoms with Gasteiger partial charge in [-0.2, -0.15) is 0 Å². The molecular formula is C12H12O4. The zero-order valence-electron chi connectivity index (χ0n) is 9.37. The predicted octanol–water partition coefficient (Wildman–Crippen LogP) is 1.92. The Labute approximate surface area is 93.4 Å². The molecule has 0 fully saturated rings. The van der Waals surface area contributed by atoms with Crippen LogP contribution in [-0.4, -0.2) is 27.1 Å². The van der Waals surface area contributed by atoms with Gasteiger partial charge >= 0.3 is 0 Å². The largest absolute Gasteiger partial charge is 0.493 e. The molecule has 1 aliphatic carbocycles. The van der Waals surface area contributed by atoms with E-state index in [1.54, 1.807) is 12.1 Å². The lowest BCUT2D eigenvalue weighted by Gasteiger charge is -2.14. The third kappa shape index (κ3) is 1.34. The van der Waals surface area contributed by atoms with Crippen molar-refractivity contribution >= 4 is 11.9 Å². The first kappa shape index (κ1) is 10.5. The van der Waals surface area contributed by atoms with E-state index in [0.717, 1.165) is 5.56 Å². The van der Waals surface area contributed by atoms with E-state index >= 15 is 0 Å². The minimum atomic E-state index is -0.0470. The van der Waals surface area contributed by atoms with Crippen molar-refractivity contribution in [3.8, 4) is 17.2 Å². The highest BCUT2D eigenvalue weighted by atomic mass is 16.5. The third-order valence-electron chi connectivity index (χ3n) is 2.54. The molecule has 1 aliphatic rings. The average molecular weight is 220 g/mol. The van der Waals surface area contributed by atoms with E-state index in [1.165, 1.54) is 27.4 Å². The Morgan fingerprint density at radius 1 is 0.938 bits per heavy atom. The molecule has 0 aliphatic heterocycles. The maximum absolute atomic E-state index is 11.6. The van der Waals surface area contributed by atoms with Crippen molar-refractivity contribution in [2.24, 2.45) is 0 Å². The molecular weight excluding hydrogens is 208 g/mol. The summed E-state index contributed by atoms with van der Waals surface area (Å²) >= 11 is 0. The highest BCUT2D eigenvalue weighted by Gasteiger charge is 2.24. The Morgan fingerprint density at radius 3 is 2.19 bits per heavy atom. The number of benzene rings is 1. The Balaban J connectivity index is 2.72. The van der Waals surface area contributed by atoms with E-state index < -0.39 is 0 Å². The van der Waals surface area contributed by atoms with Gasteiger partial charge in [-0.3, -0.25) is 4.79 Å². The van der Waals surface area contributed by atoms with E-state index in [0.29, 0.717) is 22.8 Å². The molecule has 4 nitrogen and oxygen atoms in total. The second-order valence-electron chi connectivity index (χ2n) is 3.30. The van der Waals surface area contributed by atoms with Crippen LogP contribution in [0, 0.1) is 0 Å². The Hall–Kier alpha value is -1.97. The van der Waals surface area contributed by atoms with Gasteiger partial charge in [0.05, 0.1) is 21.3 Å². The quantitative estimate of drug-likeness (QED) is 0.780. The van der Waals surface area contributed by atoms with Gasteiger partial charge in [0.25, 0.3) is 0 Å². The lowest BCUT2D eigenvalue weighted by atomic mass is 10.1. The van der Waals surface area contributed by atoms with Gasteiger partial charge in [0.15, 0.2) is 17.3 Å². The van der Waals surface area contributed by atoms with Crippen LogP contribution >= 0.6 is 0 Å². The van der Waals surface area contributed by atoms with Gasteiger partial charge in [-0.15, -0.1) is 0 Å². The highest BCUT2D eigenvalue weighted by Crippen LogP contribution is 2.44. The molecule has 0 heterocycles. The predicted molar refractivity (Wildman–Crippen MR) is 59.5 cm³/mol. The molecule has 0 unspecified atom stereocenters. The summed E-state index contributed by atoms with van der Waals surface area (Å²) in [5, 5.41) is 0. The Bertz CT molecular complexity index is 474. The molecule has 4 heteroatoms. The van der Waals surface area contributed by atoms with Crippen LogP contribution < -0.4 is 14.2 Å². The fourth-order valence-electron chi connectivity index (χ4n) is 1.80. The number of allylic oxidation sites excluding steroid dienone is 1. The number of carbonyl (C=O) groups excluding carboxylic acids is 1. The molecule has 84 valence electrons. The molecule has 0 spiro atoms. The van der Waals surface area contributed by atoms with E-state index in [2.05, 4.69) is 0 Å². The third-order valence-corrected chi connectivity index (χ3v) is 2.54. The van der Waals surface area contributed by atoms with Gasteiger partial charge in [0.2, 0.25) is 5.75 Å². The van der Waals surface area contributed by atoms with Gasteiger partial charge in [-0.25, -0.2) is 0 Å². The van der Waals surface area contributed by atoms with Gasteiger partial charge in [0.1, 0.15) is 0 Å². The minimum Gasteiger partial charge on any atom is -0.493 e. The molecule has 0 atom stereocenters. The lowest BCUT2D eigenvalue weighted by molar-refractivity contribution is 0.104. The van der Waals surface area contributed by atoms with Crippen molar-refractivity contribution in [3.63, 3.8) is 0 Å². The molecule has 0 saturated carbocycles. The summed E-state index contributed by atoms with van der Waals surface area (Å²) in [5.74, 6) is 1.48. The van der Waals surface area contributed by atoms with Crippen LogP contribution in [-0.2, 0) is 0 Å². The molecule has 1 aromatic carbocycles. The van der Waals surface area contributed by atoms with Gasteiger partial charge in [-0.1, -0.05) is 0 Å². The van der Waals surface area contributed by atoms with Crippen LogP contribution in [0.2, 0.25) is 0 Å². The first-order chi connectivity index (χ1) is 7.72. The van der Waals surface area contributed by atoms with E-state index in [4.69, 9.17) is 14.2 Å². The second-order valence-corrected chi connectivity index (χ2v) is 3.30. The van der Waals surface area contributed by atoms with Crippen molar-refractivity contribution < 1.29 is 19.0 Å². The SMILES string of the molecule is COc1cc2c(c(OC)c1OC)C=CC2=O. The zero-order chi connectivity index (χ0) is 11.7. The van der Waals surface area contributed by atoms with Crippen molar-refractivity contribution in [2.75, 3.05) is 21.3 Å². The molecule has 0 bridgehead atoms. The molecule has 0 aromatic heterocycles. The molecule has 0 amide bonds. The lowest BCUT2D eigenvalue weighted by Crippen LogP contribution is -2.00. The molecule has 16 heavy (non-hydrogen) atoms. The highest BCUT2D eigenvalue weighted by molar-refractivity contribution is 6.15. The van der Waals surface area contributed by atoms with Crippen LogP contribution in [0.5, 0.6) is 17.2 Å². The maximum Gasteiger partial charge on any atom is 0.203 e. The first-order valence-corrected chi connectivity index (χ1v) is 4.78. The Morgan fingerprint density at radius 2 is 1.62 bits per heavy atom. The minimum absolute atomic E-state index is 0.0470. The second kappa shape index (κ2) is 3.89. The average Bonchev–Trinajstić information content (AvgIpc) is 2.68.